The fraction of sp³-hybridized carbons (Fsp3) is 0.200. The topological polar surface area (TPSA) is 63.3 Å². The summed E-state index contributed by atoms with van der Waals surface area (Å²) in [5, 5.41) is 8.67. The van der Waals surface area contributed by atoms with Crippen LogP contribution in [-0.2, 0) is 0 Å². The van der Waals surface area contributed by atoms with Crippen LogP contribution in [0.5, 0.6) is 5.95 Å². The van der Waals surface area contributed by atoms with E-state index in [1.807, 2.05) is 0 Å². The zero-order valence-corrected chi connectivity index (χ0v) is 7.79. The largest absolute Gasteiger partial charge is 0.479 e. The zero-order chi connectivity index (χ0) is 6.85. The van der Waals surface area contributed by atoms with Crippen molar-refractivity contribution in [1.82, 2.24) is 4.98 Å². The predicted octanol–water partition coefficient (Wildman–Crippen LogP) is 0.120. The number of hydrogen-bond acceptors (Lipinski definition) is 4. The molecular weight excluding hydrogens is 145 g/mol. The Bertz CT molecular complexity index is 233. The molecule has 0 aliphatic rings. The van der Waals surface area contributed by atoms with Gasteiger partial charge in [0.1, 0.15) is 0 Å². The minimum absolute atomic E-state index is 0. The van der Waals surface area contributed by atoms with E-state index < -0.39 is 5.95 Å². The summed E-state index contributed by atoms with van der Waals surface area (Å²) < 4.78 is 4.52. The Balaban J connectivity index is 0.000000810. The van der Waals surface area contributed by atoms with Crippen molar-refractivity contribution < 1.29 is 14.3 Å². The summed E-state index contributed by atoms with van der Waals surface area (Å²) >= 11 is 0. The summed E-state index contributed by atoms with van der Waals surface area (Å²) in [5.41, 5.74) is -0.0486. The second-order valence-electron chi connectivity index (χ2n) is 1.54. The van der Waals surface area contributed by atoms with Crippen molar-refractivity contribution >= 4 is 35.8 Å². The van der Waals surface area contributed by atoms with Crippen LogP contribution < -0.4 is 0 Å². The maximum atomic E-state index is 9.96. The van der Waals surface area contributed by atoms with Crippen LogP contribution in [0.15, 0.2) is 4.42 Å². The number of hydrogen-bond donors (Lipinski definition) is 1. The van der Waals surface area contributed by atoms with Crippen LogP contribution in [0.25, 0.3) is 0 Å². The molecule has 1 heterocycles. The van der Waals surface area contributed by atoms with E-state index in [1.54, 1.807) is 6.92 Å². The van der Waals surface area contributed by atoms with Crippen molar-refractivity contribution in [2.75, 3.05) is 0 Å². The first-order valence-electron chi connectivity index (χ1n) is 2.35. The number of rotatable bonds is 1. The standard InChI is InChI=1S/C5H5NO3.Na/c1-3-6-4(2-7)5(8)9-3;/h2,8H,1H3;. The van der Waals surface area contributed by atoms with Crippen LogP contribution in [0, 0.1) is 6.92 Å². The van der Waals surface area contributed by atoms with Gasteiger partial charge in [-0.25, -0.2) is 4.98 Å². The fourth-order valence-electron chi connectivity index (χ4n) is 0.509. The van der Waals surface area contributed by atoms with Crippen molar-refractivity contribution in [3.63, 3.8) is 0 Å². The van der Waals surface area contributed by atoms with Crippen molar-refractivity contribution in [2.24, 2.45) is 0 Å². The Hall–Kier alpha value is -0.320. The second kappa shape index (κ2) is 3.75. The summed E-state index contributed by atoms with van der Waals surface area (Å²) in [6.45, 7) is 1.55. The van der Waals surface area contributed by atoms with Gasteiger partial charge in [-0.3, -0.25) is 4.79 Å². The quantitative estimate of drug-likeness (QED) is 0.456. The van der Waals surface area contributed by atoms with E-state index in [2.05, 4.69) is 9.40 Å². The number of aldehydes is 1. The van der Waals surface area contributed by atoms with Gasteiger partial charge in [0.15, 0.2) is 17.9 Å². The summed E-state index contributed by atoms with van der Waals surface area (Å²) in [6, 6.07) is 0. The van der Waals surface area contributed by atoms with Crippen LogP contribution in [0.1, 0.15) is 16.4 Å². The second-order valence-corrected chi connectivity index (χ2v) is 1.54. The molecule has 0 bridgehead atoms. The molecule has 0 spiro atoms. The van der Waals surface area contributed by atoms with Crippen molar-refractivity contribution in [2.45, 2.75) is 6.92 Å². The third kappa shape index (κ3) is 1.83. The van der Waals surface area contributed by atoms with Gasteiger partial charge in [0.25, 0.3) is 0 Å². The zero-order valence-electron chi connectivity index (χ0n) is 5.79. The molecule has 0 aromatic carbocycles. The molecule has 1 aromatic rings. The molecule has 0 aliphatic carbocycles. The van der Waals surface area contributed by atoms with Crippen LogP contribution in [-0.4, -0.2) is 45.9 Å². The molecule has 0 unspecified atom stereocenters. The number of aryl methyl sites for hydroxylation is 1. The van der Waals surface area contributed by atoms with E-state index in [9.17, 15) is 4.79 Å². The predicted molar refractivity (Wildman–Crippen MR) is 34.0 cm³/mol. The Morgan fingerprint density at radius 1 is 1.70 bits per heavy atom. The normalized spacial score (nSPS) is 8.50. The van der Waals surface area contributed by atoms with Gasteiger partial charge in [0.2, 0.25) is 0 Å². The minimum Gasteiger partial charge on any atom is -0.479 e. The molecule has 0 saturated carbocycles. The van der Waals surface area contributed by atoms with Crippen LogP contribution in [0.4, 0.5) is 0 Å². The van der Waals surface area contributed by atoms with E-state index in [-0.39, 0.29) is 41.1 Å². The van der Waals surface area contributed by atoms with Crippen LogP contribution >= 0.6 is 0 Å². The number of nitrogens with zero attached hydrogens (tertiary/aromatic N) is 1. The summed E-state index contributed by atoms with van der Waals surface area (Å²) in [5.74, 6) is -0.128. The van der Waals surface area contributed by atoms with Gasteiger partial charge in [0, 0.05) is 36.5 Å². The van der Waals surface area contributed by atoms with Gasteiger partial charge < -0.3 is 9.52 Å². The number of carbonyl (C=O) groups is 1. The molecule has 1 aromatic heterocycles. The molecular formula is C5H5NNaO3. The third-order valence-corrected chi connectivity index (χ3v) is 0.853. The molecule has 49 valence electrons. The Kier molecular flexibility index (Phi) is 3.63. The van der Waals surface area contributed by atoms with Gasteiger partial charge in [-0.05, 0) is 0 Å². The number of oxazole rings is 1. The molecule has 4 nitrogen and oxygen atoms in total. The molecule has 5 heteroatoms. The van der Waals surface area contributed by atoms with Crippen LogP contribution in [0.2, 0.25) is 0 Å². The smallest absolute Gasteiger partial charge is 0.313 e. The van der Waals surface area contributed by atoms with Gasteiger partial charge in [-0.1, -0.05) is 0 Å². The Morgan fingerprint density at radius 2 is 2.30 bits per heavy atom. The van der Waals surface area contributed by atoms with Crippen LogP contribution in [0.3, 0.4) is 0 Å². The Morgan fingerprint density at radius 3 is 2.50 bits per heavy atom. The maximum absolute atomic E-state index is 9.96. The Labute approximate surface area is 79.5 Å². The first-order chi connectivity index (χ1) is 4.24. The third-order valence-electron chi connectivity index (χ3n) is 0.853. The molecule has 1 rings (SSSR count). The monoisotopic (exact) mass is 150 g/mol. The van der Waals surface area contributed by atoms with Gasteiger partial charge in [-0.15, -0.1) is 0 Å². The molecule has 10 heavy (non-hydrogen) atoms. The number of aromatic hydroxyl groups is 1. The fourth-order valence-corrected chi connectivity index (χ4v) is 0.509. The summed E-state index contributed by atoms with van der Waals surface area (Å²) in [4.78, 5) is 13.5. The van der Waals surface area contributed by atoms with Crippen molar-refractivity contribution in [3.8, 4) is 5.95 Å². The molecule has 1 radical (unpaired) electrons. The molecule has 0 aliphatic heterocycles. The van der Waals surface area contributed by atoms with E-state index in [1.165, 1.54) is 0 Å². The van der Waals surface area contributed by atoms with Gasteiger partial charge >= 0.3 is 5.95 Å². The molecule has 0 fully saturated rings. The van der Waals surface area contributed by atoms with E-state index in [0.29, 0.717) is 6.29 Å². The van der Waals surface area contributed by atoms with Crippen molar-refractivity contribution in [3.05, 3.63) is 11.6 Å². The van der Waals surface area contributed by atoms with E-state index in [0.717, 1.165) is 0 Å². The van der Waals surface area contributed by atoms with E-state index >= 15 is 0 Å². The van der Waals surface area contributed by atoms with Gasteiger partial charge in [-0.2, -0.15) is 0 Å². The SMILES string of the molecule is Cc1nc(C=O)c(O)o1.[Na]. The first-order valence-corrected chi connectivity index (χ1v) is 2.35. The van der Waals surface area contributed by atoms with Crippen molar-refractivity contribution in [1.29, 1.82) is 0 Å². The average Bonchev–Trinajstić information content (AvgIpc) is 2.10. The first kappa shape index (κ1) is 9.68. The summed E-state index contributed by atoms with van der Waals surface area (Å²) in [6.07, 6.45) is 0.436. The molecule has 0 atom stereocenters. The minimum atomic E-state index is -0.414. The van der Waals surface area contributed by atoms with Gasteiger partial charge in [0.05, 0.1) is 0 Å². The number of carbonyl (C=O) groups excluding carboxylic acids is 1. The number of aromatic nitrogens is 1. The molecule has 0 saturated heterocycles. The summed E-state index contributed by atoms with van der Waals surface area (Å²) in [7, 11) is 0. The maximum Gasteiger partial charge on any atom is 0.313 e. The molecule has 0 amide bonds. The molecule has 1 N–H and O–H groups in total. The van der Waals surface area contributed by atoms with E-state index in [4.69, 9.17) is 5.11 Å². The average molecular weight is 150 g/mol.